The van der Waals surface area contributed by atoms with Crippen LogP contribution in [0.15, 0.2) is 72.3 Å². The van der Waals surface area contributed by atoms with Crippen molar-refractivity contribution in [3.8, 4) is 0 Å². The average Bonchev–Trinajstić information content (AvgIpc) is 3.07. The van der Waals surface area contributed by atoms with Crippen molar-refractivity contribution in [1.29, 1.82) is 0 Å². The van der Waals surface area contributed by atoms with Crippen LogP contribution in [0.1, 0.15) is 25.0 Å². The molecule has 0 unspecified atom stereocenters. The number of aldehydes is 1. The molecule has 1 heterocycles. The zero-order valence-electron chi connectivity index (χ0n) is 16.7. The Labute approximate surface area is 171 Å². The summed E-state index contributed by atoms with van der Waals surface area (Å²) in [6.07, 6.45) is 0.990. The van der Waals surface area contributed by atoms with Gasteiger partial charge in [0.2, 0.25) is 0 Å². The molecule has 1 aliphatic carbocycles. The van der Waals surface area contributed by atoms with Gasteiger partial charge in [0.05, 0.1) is 13.2 Å². The van der Waals surface area contributed by atoms with E-state index in [4.69, 9.17) is 18.9 Å². The highest BCUT2D eigenvalue weighted by atomic mass is 16.8. The molecule has 0 N–H and O–H groups in total. The van der Waals surface area contributed by atoms with Gasteiger partial charge in [-0.15, -0.1) is 0 Å². The molecule has 4 atom stereocenters. The lowest BCUT2D eigenvalue weighted by molar-refractivity contribution is -0.161. The molecule has 2 aromatic carbocycles. The number of ether oxygens (including phenoxy) is 4. The van der Waals surface area contributed by atoms with Gasteiger partial charge in [-0.05, 0) is 31.1 Å². The predicted molar refractivity (Wildman–Crippen MR) is 108 cm³/mol. The number of fused-ring (bicyclic) bond motifs is 1. The molecule has 4 rings (SSSR count). The van der Waals surface area contributed by atoms with Crippen LogP contribution in [0.3, 0.4) is 0 Å². The third-order valence-electron chi connectivity index (χ3n) is 5.16. The van der Waals surface area contributed by atoms with Gasteiger partial charge in [-0.25, -0.2) is 0 Å². The summed E-state index contributed by atoms with van der Waals surface area (Å²) in [6, 6.07) is 19.8. The first-order valence-corrected chi connectivity index (χ1v) is 9.89. The van der Waals surface area contributed by atoms with Crippen molar-refractivity contribution in [2.75, 3.05) is 0 Å². The summed E-state index contributed by atoms with van der Waals surface area (Å²) in [5.74, 6) is -0.774. The molecule has 0 bridgehead atoms. The number of rotatable bonds is 7. The van der Waals surface area contributed by atoms with Crippen LogP contribution in [0, 0.1) is 0 Å². The third kappa shape index (κ3) is 4.65. The molecule has 0 aromatic heterocycles. The lowest BCUT2D eigenvalue weighted by atomic mass is 9.90. The van der Waals surface area contributed by atoms with E-state index >= 15 is 0 Å². The topological polar surface area (TPSA) is 54.0 Å². The molecule has 0 amide bonds. The summed E-state index contributed by atoms with van der Waals surface area (Å²) in [4.78, 5) is 11.9. The van der Waals surface area contributed by atoms with E-state index in [9.17, 15) is 4.79 Å². The van der Waals surface area contributed by atoms with Crippen LogP contribution in [0.4, 0.5) is 0 Å². The molecule has 2 aromatic rings. The molecule has 152 valence electrons. The normalized spacial score (nSPS) is 27.9. The minimum absolute atomic E-state index is 0.349. The van der Waals surface area contributed by atoms with Crippen molar-refractivity contribution < 1.29 is 23.7 Å². The smallest absolute Gasteiger partial charge is 0.164 e. The van der Waals surface area contributed by atoms with Crippen LogP contribution < -0.4 is 0 Å². The quantitative estimate of drug-likeness (QED) is 0.669. The molecule has 1 fully saturated rings. The van der Waals surface area contributed by atoms with Crippen molar-refractivity contribution in [1.82, 2.24) is 0 Å². The van der Waals surface area contributed by atoms with Gasteiger partial charge in [-0.2, -0.15) is 0 Å². The Bertz CT molecular complexity index is 846. The van der Waals surface area contributed by atoms with E-state index in [1.54, 1.807) is 0 Å². The number of hydrogen-bond donors (Lipinski definition) is 0. The van der Waals surface area contributed by atoms with E-state index < -0.39 is 24.1 Å². The monoisotopic (exact) mass is 394 g/mol. The van der Waals surface area contributed by atoms with Gasteiger partial charge in [0, 0.05) is 5.57 Å². The maximum atomic E-state index is 11.9. The fraction of sp³-hybridized carbons (Fsp3) is 0.375. The number of carbonyl (C=O) groups is 1. The van der Waals surface area contributed by atoms with Gasteiger partial charge in [0.15, 0.2) is 5.79 Å². The molecule has 0 radical (unpaired) electrons. The zero-order chi connectivity index (χ0) is 20.3. The number of benzene rings is 2. The van der Waals surface area contributed by atoms with Crippen LogP contribution in [-0.4, -0.2) is 36.5 Å². The highest BCUT2D eigenvalue weighted by molar-refractivity contribution is 5.76. The highest BCUT2D eigenvalue weighted by Crippen LogP contribution is 2.39. The van der Waals surface area contributed by atoms with Crippen molar-refractivity contribution >= 4 is 6.29 Å². The molecular weight excluding hydrogens is 368 g/mol. The number of hydrogen-bond acceptors (Lipinski definition) is 5. The molecular formula is C24H26O5. The highest BCUT2D eigenvalue weighted by Gasteiger charge is 2.52. The van der Waals surface area contributed by atoms with Crippen LogP contribution in [0.25, 0.3) is 0 Å². The summed E-state index contributed by atoms with van der Waals surface area (Å²) < 4.78 is 24.5. The van der Waals surface area contributed by atoms with Gasteiger partial charge in [0.1, 0.15) is 30.7 Å². The molecule has 0 saturated carbocycles. The van der Waals surface area contributed by atoms with E-state index in [0.29, 0.717) is 18.8 Å². The van der Waals surface area contributed by atoms with Crippen LogP contribution in [0.5, 0.6) is 0 Å². The van der Waals surface area contributed by atoms with Crippen LogP contribution in [0.2, 0.25) is 0 Å². The van der Waals surface area contributed by atoms with Gasteiger partial charge >= 0.3 is 0 Å². The van der Waals surface area contributed by atoms with E-state index in [2.05, 4.69) is 0 Å². The minimum atomic E-state index is -0.774. The molecule has 5 heteroatoms. The van der Waals surface area contributed by atoms with Crippen molar-refractivity contribution in [3.63, 3.8) is 0 Å². The fourth-order valence-corrected chi connectivity index (χ4v) is 3.84. The lowest BCUT2D eigenvalue weighted by Gasteiger charge is -2.34. The van der Waals surface area contributed by atoms with Gasteiger partial charge < -0.3 is 18.9 Å². The Balaban J connectivity index is 1.53. The maximum absolute atomic E-state index is 11.9. The van der Waals surface area contributed by atoms with E-state index in [1.165, 1.54) is 0 Å². The maximum Gasteiger partial charge on any atom is 0.164 e. The van der Waals surface area contributed by atoms with Crippen molar-refractivity contribution in [2.24, 2.45) is 0 Å². The van der Waals surface area contributed by atoms with Crippen LogP contribution >= 0.6 is 0 Å². The Morgan fingerprint density at radius 2 is 1.41 bits per heavy atom. The SMILES string of the molecule is CC1(C)O[C@@H]2[C@H](O1)[C@H](OCc1ccccc1)C(C=O)=C[C@H]2OCc1ccccc1. The van der Waals surface area contributed by atoms with Crippen molar-refractivity contribution in [3.05, 3.63) is 83.4 Å². The van der Waals surface area contributed by atoms with Gasteiger partial charge in [0.25, 0.3) is 0 Å². The second-order valence-corrected chi connectivity index (χ2v) is 7.83. The molecule has 29 heavy (non-hydrogen) atoms. The largest absolute Gasteiger partial charge is 0.367 e. The first kappa shape index (κ1) is 20.0. The summed E-state index contributed by atoms with van der Waals surface area (Å²) in [5, 5.41) is 0. The van der Waals surface area contributed by atoms with Gasteiger partial charge in [-0.3, -0.25) is 4.79 Å². The predicted octanol–water partition coefficient (Wildman–Crippen LogP) is 3.82. The molecule has 1 aliphatic heterocycles. The van der Waals surface area contributed by atoms with E-state index in [0.717, 1.165) is 17.4 Å². The Hall–Kier alpha value is -2.31. The van der Waals surface area contributed by atoms with Crippen LogP contribution in [-0.2, 0) is 37.0 Å². The Kier molecular flexibility index (Phi) is 5.92. The van der Waals surface area contributed by atoms with E-state index in [1.807, 2.05) is 80.6 Å². The molecule has 0 spiro atoms. The Morgan fingerprint density at radius 3 is 2.00 bits per heavy atom. The summed E-state index contributed by atoms with van der Waals surface area (Å²) in [5.41, 5.74) is 2.63. The third-order valence-corrected chi connectivity index (χ3v) is 5.16. The summed E-state index contributed by atoms with van der Waals surface area (Å²) >= 11 is 0. The molecule has 5 nitrogen and oxygen atoms in total. The first-order chi connectivity index (χ1) is 14.1. The summed E-state index contributed by atoms with van der Waals surface area (Å²) in [6.45, 7) is 4.55. The van der Waals surface area contributed by atoms with Gasteiger partial charge in [-0.1, -0.05) is 60.7 Å². The average molecular weight is 394 g/mol. The minimum Gasteiger partial charge on any atom is -0.367 e. The molecule has 2 aliphatic rings. The molecule has 1 saturated heterocycles. The standard InChI is InChI=1S/C24H26O5/c1-24(2)28-22-20(26-15-17-9-5-3-6-10-17)13-19(14-25)21(23(22)29-24)27-16-18-11-7-4-8-12-18/h3-14,20-23H,15-16H2,1-2H3/t20-,21-,22+,23-/m1/s1. The number of carbonyl (C=O) groups excluding carboxylic acids is 1. The second-order valence-electron chi connectivity index (χ2n) is 7.83. The fourth-order valence-electron chi connectivity index (χ4n) is 3.84. The zero-order valence-corrected chi connectivity index (χ0v) is 16.7. The van der Waals surface area contributed by atoms with Crippen molar-refractivity contribution in [2.45, 2.75) is 57.3 Å². The summed E-state index contributed by atoms with van der Waals surface area (Å²) in [7, 11) is 0. The lowest BCUT2D eigenvalue weighted by Crippen LogP contribution is -2.48. The van der Waals surface area contributed by atoms with E-state index in [-0.39, 0.29) is 6.10 Å². The Morgan fingerprint density at radius 1 is 0.862 bits per heavy atom. The second kappa shape index (κ2) is 8.59. The first-order valence-electron chi connectivity index (χ1n) is 9.89.